The van der Waals surface area contributed by atoms with Crippen molar-refractivity contribution >= 4 is 0 Å². The Hall–Kier alpha value is -1.48. The van der Waals surface area contributed by atoms with Crippen LogP contribution in [0.2, 0.25) is 0 Å². The van der Waals surface area contributed by atoms with Gasteiger partial charge in [-0.3, -0.25) is 0 Å². The number of likely N-dealkylation sites (tertiary alicyclic amines) is 1. The first kappa shape index (κ1) is 16.4. The Labute approximate surface area is 140 Å². The van der Waals surface area contributed by atoms with E-state index in [-0.39, 0.29) is 5.54 Å². The van der Waals surface area contributed by atoms with E-state index in [9.17, 15) is 0 Å². The molecule has 0 aromatic heterocycles. The summed E-state index contributed by atoms with van der Waals surface area (Å²) in [5.74, 6) is 0.655. The fourth-order valence-corrected chi connectivity index (χ4v) is 4.28. The van der Waals surface area contributed by atoms with E-state index in [1.165, 1.54) is 11.3 Å². The first-order chi connectivity index (χ1) is 11.0. The summed E-state index contributed by atoms with van der Waals surface area (Å²) in [5, 5.41) is 0. The fourth-order valence-electron chi connectivity index (χ4n) is 4.28. The summed E-state index contributed by atoms with van der Waals surface area (Å²) in [6.45, 7) is 9.97. The first-order valence-electron chi connectivity index (χ1n) is 8.90. The van der Waals surface area contributed by atoms with E-state index < -0.39 is 0 Å². The van der Waals surface area contributed by atoms with Gasteiger partial charge in [0.25, 0.3) is 0 Å². The standard InChI is InChI=1S/C20H30N2O/c1-14(2)12-19-20(13-23-19)11-10-16-17(21)8-6-5-7-9-18(16)22(20)15(3)4/h5-9,14-15,19H,10-13,21H2,1-4H3/b6-5?,7-5-,8-6-,9-7?,17-8?,17-16+,18-9+. The Morgan fingerprint density at radius 1 is 1.26 bits per heavy atom. The smallest absolute Gasteiger partial charge is 0.0901 e. The third-order valence-corrected chi connectivity index (χ3v) is 5.29. The van der Waals surface area contributed by atoms with E-state index in [0.29, 0.717) is 18.1 Å². The number of fused-ring (bicyclic) bond motifs is 1. The number of piperidine rings is 1. The molecule has 3 heteroatoms. The van der Waals surface area contributed by atoms with Gasteiger partial charge in [0, 0.05) is 17.4 Å². The first-order valence-corrected chi connectivity index (χ1v) is 8.90. The van der Waals surface area contributed by atoms with Crippen LogP contribution in [0.3, 0.4) is 0 Å². The molecule has 1 spiro atoms. The predicted molar refractivity (Wildman–Crippen MR) is 95.7 cm³/mol. The molecule has 2 unspecified atom stereocenters. The SMILES string of the molecule is CC(C)CC1OCC12CCC1=C(N)/C=C\C=C/C=C\1N2C(C)C. The predicted octanol–water partition coefficient (Wildman–Crippen LogP) is 3.90. The molecule has 3 rings (SSSR count). The molecule has 2 heterocycles. The number of rotatable bonds is 3. The van der Waals surface area contributed by atoms with Gasteiger partial charge in [0.2, 0.25) is 0 Å². The van der Waals surface area contributed by atoms with Gasteiger partial charge in [-0.1, -0.05) is 32.1 Å². The van der Waals surface area contributed by atoms with Gasteiger partial charge in [0.05, 0.1) is 18.2 Å². The van der Waals surface area contributed by atoms with Crippen LogP contribution in [0.15, 0.2) is 47.3 Å². The maximum absolute atomic E-state index is 6.34. The van der Waals surface area contributed by atoms with Crippen molar-refractivity contribution in [1.82, 2.24) is 4.90 Å². The highest BCUT2D eigenvalue weighted by Crippen LogP contribution is 2.49. The number of nitrogens with two attached hydrogens (primary N) is 1. The van der Waals surface area contributed by atoms with Crippen molar-refractivity contribution < 1.29 is 4.74 Å². The monoisotopic (exact) mass is 314 g/mol. The number of hydrogen-bond acceptors (Lipinski definition) is 3. The van der Waals surface area contributed by atoms with Gasteiger partial charge in [-0.2, -0.15) is 0 Å². The second-order valence-corrected chi connectivity index (χ2v) is 7.73. The molecule has 3 aliphatic rings. The summed E-state index contributed by atoms with van der Waals surface area (Å²) >= 11 is 0. The molecule has 0 saturated carbocycles. The topological polar surface area (TPSA) is 38.5 Å². The molecule has 0 bridgehead atoms. The van der Waals surface area contributed by atoms with E-state index in [1.54, 1.807) is 0 Å². The van der Waals surface area contributed by atoms with Crippen LogP contribution in [-0.2, 0) is 4.74 Å². The Kier molecular flexibility index (Phi) is 4.41. The third kappa shape index (κ3) is 2.76. The van der Waals surface area contributed by atoms with Gasteiger partial charge in [0.1, 0.15) is 0 Å². The lowest BCUT2D eigenvalue weighted by atomic mass is 9.72. The molecule has 2 N–H and O–H groups in total. The summed E-state index contributed by atoms with van der Waals surface area (Å²) in [6, 6.07) is 0.430. The fraction of sp³-hybridized carbons (Fsp3) is 0.600. The molecule has 0 aromatic carbocycles. The number of ether oxygens (including phenoxy) is 1. The quantitative estimate of drug-likeness (QED) is 0.858. The second kappa shape index (κ2) is 6.20. The van der Waals surface area contributed by atoms with E-state index in [0.717, 1.165) is 31.6 Å². The molecule has 0 aromatic rings. The van der Waals surface area contributed by atoms with Gasteiger partial charge in [-0.25, -0.2) is 0 Å². The van der Waals surface area contributed by atoms with Gasteiger partial charge < -0.3 is 15.4 Å². The minimum absolute atomic E-state index is 0.144. The van der Waals surface area contributed by atoms with Crippen LogP contribution >= 0.6 is 0 Å². The van der Waals surface area contributed by atoms with Crippen molar-refractivity contribution in [2.24, 2.45) is 11.7 Å². The van der Waals surface area contributed by atoms with Crippen LogP contribution in [0.25, 0.3) is 0 Å². The number of nitrogens with zero attached hydrogens (tertiary/aromatic N) is 1. The van der Waals surface area contributed by atoms with Crippen molar-refractivity contribution in [3.05, 3.63) is 47.3 Å². The van der Waals surface area contributed by atoms with E-state index in [4.69, 9.17) is 10.5 Å². The summed E-state index contributed by atoms with van der Waals surface area (Å²) in [5.41, 5.74) is 9.98. The summed E-state index contributed by atoms with van der Waals surface area (Å²) in [4.78, 5) is 2.60. The Morgan fingerprint density at radius 2 is 2.04 bits per heavy atom. The second-order valence-electron chi connectivity index (χ2n) is 7.73. The zero-order valence-corrected chi connectivity index (χ0v) is 14.9. The van der Waals surface area contributed by atoms with E-state index >= 15 is 0 Å². The Bertz CT molecular complexity index is 582. The largest absolute Gasteiger partial charge is 0.398 e. The van der Waals surface area contributed by atoms with Crippen molar-refractivity contribution in [3.63, 3.8) is 0 Å². The number of hydrogen-bond donors (Lipinski definition) is 1. The highest BCUT2D eigenvalue weighted by molar-refractivity contribution is 5.46. The van der Waals surface area contributed by atoms with Crippen LogP contribution in [0.4, 0.5) is 0 Å². The van der Waals surface area contributed by atoms with Crippen LogP contribution in [0.1, 0.15) is 47.0 Å². The lowest BCUT2D eigenvalue weighted by molar-refractivity contribution is -0.213. The van der Waals surface area contributed by atoms with Crippen LogP contribution in [0, 0.1) is 5.92 Å². The zero-order chi connectivity index (χ0) is 16.6. The zero-order valence-electron chi connectivity index (χ0n) is 14.9. The molecule has 126 valence electrons. The molecule has 2 fully saturated rings. The molecule has 23 heavy (non-hydrogen) atoms. The lowest BCUT2D eigenvalue weighted by Gasteiger charge is -2.61. The molecular formula is C20H30N2O. The Balaban J connectivity index is 2.01. The summed E-state index contributed by atoms with van der Waals surface area (Å²) in [7, 11) is 0. The molecule has 2 atom stereocenters. The average molecular weight is 314 g/mol. The highest BCUT2D eigenvalue weighted by atomic mass is 16.5. The molecule has 0 amide bonds. The van der Waals surface area contributed by atoms with Crippen LogP contribution in [-0.4, -0.2) is 29.2 Å². The van der Waals surface area contributed by atoms with Crippen LogP contribution < -0.4 is 5.73 Å². The maximum atomic E-state index is 6.34. The van der Waals surface area contributed by atoms with Crippen molar-refractivity contribution in [1.29, 1.82) is 0 Å². The normalized spacial score (nSPS) is 38.6. The summed E-state index contributed by atoms with van der Waals surface area (Å²) in [6.07, 6.45) is 14.1. The van der Waals surface area contributed by atoms with Gasteiger partial charge >= 0.3 is 0 Å². The van der Waals surface area contributed by atoms with Gasteiger partial charge in [-0.15, -0.1) is 0 Å². The van der Waals surface area contributed by atoms with Gasteiger partial charge in [0.15, 0.2) is 0 Å². The Morgan fingerprint density at radius 3 is 2.65 bits per heavy atom. The van der Waals surface area contributed by atoms with Crippen molar-refractivity contribution in [3.8, 4) is 0 Å². The molecule has 2 saturated heterocycles. The average Bonchev–Trinajstić information content (AvgIpc) is 2.47. The molecule has 2 aliphatic heterocycles. The highest BCUT2D eigenvalue weighted by Gasteiger charge is 2.55. The number of allylic oxidation sites excluding steroid dienone is 6. The summed E-state index contributed by atoms with van der Waals surface area (Å²) < 4.78 is 6.03. The molecule has 3 nitrogen and oxygen atoms in total. The maximum Gasteiger partial charge on any atom is 0.0901 e. The lowest BCUT2D eigenvalue weighted by Crippen LogP contribution is -2.71. The molecule has 1 aliphatic carbocycles. The van der Waals surface area contributed by atoms with E-state index in [1.807, 2.05) is 12.2 Å². The minimum atomic E-state index is 0.144. The van der Waals surface area contributed by atoms with Gasteiger partial charge in [-0.05, 0) is 56.8 Å². The molecular weight excluding hydrogens is 284 g/mol. The minimum Gasteiger partial charge on any atom is -0.398 e. The van der Waals surface area contributed by atoms with Crippen molar-refractivity contribution in [2.45, 2.75) is 64.6 Å². The van der Waals surface area contributed by atoms with Crippen LogP contribution in [0.5, 0.6) is 0 Å². The van der Waals surface area contributed by atoms with Crippen molar-refractivity contribution in [2.75, 3.05) is 6.61 Å². The third-order valence-electron chi connectivity index (χ3n) is 5.29. The molecule has 0 radical (unpaired) electrons. The van der Waals surface area contributed by atoms with E-state index in [2.05, 4.69) is 50.8 Å².